The second kappa shape index (κ2) is 5.57. The number of hydrogen-bond donors (Lipinski definition) is 1. The third-order valence-corrected chi connectivity index (χ3v) is 4.50. The van der Waals surface area contributed by atoms with Gasteiger partial charge < -0.3 is 4.98 Å². The van der Waals surface area contributed by atoms with E-state index in [1.54, 1.807) is 0 Å². The maximum Gasteiger partial charge on any atom is 0.332 e. The Morgan fingerprint density at radius 2 is 2.12 bits per heavy atom. The molecule has 2 aromatic rings. The maximum atomic E-state index is 13.8. The summed E-state index contributed by atoms with van der Waals surface area (Å²) in [4.78, 5) is 33.5. The minimum atomic E-state index is -3.95. The van der Waals surface area contributed by atoms with Crippen LogP contribution in [-0.4, -0.2) is 19.1 Å². The Balaban J connectivity index is 2.02. The van der Waals surface area contributed by atoms with Crippen molar-refractivity contribution < 1.29 is 27.4 Å². The Kier molecular flexibility index (Phi) is 1.20. The van der Waals surface area contributed by atoms with Crippen LogP contribution in [0.3, 0.4) is 0 Å². The van der Waals surface area contributed by atoms with Crippen LogP contribution in [0.15, 0.2) is 9.59 Å². The maximum absolute atomic E-state index is 13.8. The fourth-order valence-electron chi connectivity index (χ4n) is 3.43. The zero-order valence-electron chi connectivity index (χ0n) is 33.6. The highest BCUT2D eigenvalue weighted by molar-refractivity contribution is 5.70. The lowest BCUT2D eigenvalue weighted by Gasteiger charge is -2.30. The average molecular weight is 377 g/mol. The average Bonchev–Trinajstić information content (AvgIpc) is 3.37. The van der Waals surface area contributed by atoms with Crippen LogP contribution in [0.2, 0.25) is 0 Å². The smallest absolute Gasteiger partial charge is 0.332 e. The lowest BCUT2D eigenvalue weighted by Crippen LogP contribution is -2.40. The van der Waals surface area contributed by atoms with Gasteiger partial charge in [-0.1, -0.05) is 13.8 Å². The molecule has 0 aromatic carbocycles. The van der Waals surface area contributed by atoms with Crippen molar-refractivity contribution in [2.75, 3.05) is 0 Å². The third kappa shape index (κ3) is 2.01. The minimum absolute atomic E-state index is 0.0245. The molecule has 6 nitrogen and oxygen atoms in total. The van der Waals surface area contributed by atoms with Crippen LogP contribution in [0.25, 0.3) is 11.2 Å². The van der Waals surface area contributed by atoms with Gasteiger partial charge in [-0.25, -0.2) is 9.78 Å². The van der Waals surface area contributed by atoms with Crippen molar-refractivity contribution in [1.29, 1.82) is 0 Å². The number of imidazole rings is 1. The molecule has 4 fully saturated rings. The van der Waals surface area contributed by atoms with Crippen molar-refractivity contribution in [3.8, 4) is 0 Å². The molecule has 0 amide bonds. The van der Waals surface area contributed by atoms with Gasteiger partial charge in [0.15, 0.2) is 5.65 Å². The molecule has 140 valence electrons. The number of fused-ring (bicyclic) bond motifs is 1. The first-order valence-corrected chi connectivity index (χ1v) is 8.00. The van der Waals surface area contributed by atoms with E-state index in [4.69, 9.17) is 26.0 Å². The summed E-state index contributed by atoms with van der Waals surface area (Å²) in [6.45, 7) is -6.60. The Bertz CT molecular complexity index is 1760. The Hall–Kier alpha value is -1.85. The SMILES string of the molecule is [2H]C([2H])([2H])C([2H])([2H])C([2H])([2H])n1c(=O)c2[nH]c(C34C([2H])([2H])C5([2H])C([2H])([2H])C([2H])(C([2H])([2H])C3([2H])C5([2H])[2H])C4([2H])[2H])nc2n(CCC)c1=O. The summed E-state index contributed by atoms with van der Waals surface area (Å²) in [5.74, 6) is -12.9. The summed E-state index contributed by atoms with van der Waals surface area (Å²) in [7, 11) is 0. The number of H-pyrrole nitrogens is 1. The standard InChI is InChI=1S/C20H28N4O2/c1-3-5-23-16-15(17(25)24(6-4-2)19(23)26)21-18(22-16)20-10-12-7-13(11-20)9-14(20)8-12/h12-14H,3-11H2,1-2H3,(H,21,22)/i2D3,4D2,6D2,7D2,8D2,9D2,10D2,11D2,12D,13D,14D. The molecular formula is C20H28N4O2. The molecule has 2 heterocycles. The van der Waals surface area contributed by atoms with Gasteiger partial charge in [0.1, 0.15) is 11.3 Å². The van der Waals surface area contributed by atoms with Crippen molar-refractivity contribution in [1.82, 2.24) is 19.1 Å². The number of nitrogens with zero attached hydrogens (tertiary/aromatic N) is 3. The van der Waals surface area contributed by atoms with Gasteiger partial charge in [0.25, 0.3) is 5.56 Å². The van der Waals surface area contributed by atoms with Crippen molar-refractivity contribution >= 4 is 11.2 Å². The highest BCUT2D eigenvalue weighted by atomic mass is 16.2. The second-order valence-electron chi connectivity index (χ2n) is 6.10. The number of rotatable bonds is 5. The summed E-state index contributed by atoms with van der Waals surface area (Å²) in [6.07, 6.45) is -23.5. The molecule has 0 aliphatic heterocycles. The summed E-state index contributed by atoms with van der Waals surface area (Å²) >= 11 is 0. The number of nitrogens with one attached hydrogen (secondary N) is 1. The van der Waals surface area contributed by atoms with Crippen molar-refractivity contribution in [3.63, 3.8) is 0 Å². The summed E-state index contributed by atoms with van der Waals surface area (Å²) in [5.41, 5.74) is -8.98. The molecule has 26 heavy (non-hydrogen) atoms. The minimum Gasteiger partial charge on any atom is -0.336 e. The van der Waals surface area contributed by atoms with E-state index in [1.165, 1.54) is 6.92 Å². The van der Waals surface area contributed by atoms with E-state index in [0.717, 1.165) is 0 Å². The van der Waals surface area contributed by atoms with Crippen molar-refractivity contribution in [2.45, 2.75) is 76.9 Å². The molecule has 0 saturated heterocycles. The fraction of sp³-hybridized carbons (Fsp3) is 0.750. The van der Waals surface area contributed by atoms with Gasteiger partial charge in [0, 0.05) is 43.1 Å². The molecule has 6 rings (SSSR count). The van der Waals surface area contributed by atoms with Crippen LogP contribution in [0.4, 0.5) is 0 Å². The van der Waals surface area contributed by atoms with E-state index in [2.05, 4.69) is 9.97 Å². The lowest BCUT2D eigenvalue weighted by molar-refractivity contribution is 0.262. The molecule has 4 saturated carbocycles. The van der Waals surface area contributed by atoms with Crippen LogP contribution in [0.5, 0.6) is 0 Å². The van der Waals surface area contributed by atoms with Crippen LogP contribution in [0.1, 0.15) is 91.7 Å². The number of hydrogen-bond acceptors (Lipinski definition) is 3. The monoisotopic (exact) mass is 376 g/mol. The lowest BCUT2D eigenvalue weighted by atomic mass is 9.75. The highest BCUT2D eigenvalue weighted by Crippen LogP contribution is 2.65. The van der Waals surface area contributed by atoms with Gasteiger partial charge in [-0.3, -0.25) is 13.9 Å². The number of aromatic nitrogens is 4. The van der Waals surface area contributed by atoms with E-state index < -0.39 is 109 Å². The largest absolute Gasteiger partial charge is 0.336 e. The van der Waals surface area contributed by atoms with Gasteiger partial charge in [-0.05, 0) is 62.3 Å². The van der Waals surface area contributed by atoms with Crippen LogP contribution in [0, 0.1) is 17.7 Å². The van der Waals surface area contributed by atoms with Gasteiger partial charge >= 0.3 is 5.69 Å². The first-order chi connectivity index (χ1) is 20.2. The van der Waals surface area contributed by atoms with Gasteiger partial charge in [0.2, 0.25) is 0 Å². The Morgan fingerprint density at radius 3 is 2.81 bits per heavy atom. The third-order valence-electron chi connectivity index (χ3n) is 4.50. The molecular weight excluding hydrogens is 328 g/mol. The molecule has 1 N–H and O–H groups in total. The zero-order valence-corrected chi connectivity index (χ0v) is 13.6. The summed E-state index contributed by atoms with van der Waals surface area (Å²) in [5, 5.41) is 0. The summed E-state index contributed by atoms with van der Waals surface area (Å²) in [6, 6.07) is 0. The molecule has 4 aliphatic carbocycles. The first kappa shape index (κ1) is 5.58. The van der Waals surface area contributed by atoms with Crippen LogP contribution in [-0.2, 0) is 18.5 Å². The predicted molar refractivity (Wildman–Crippen MR) is 100 cm³/mol. The molecule has 2 unspecified atom stereocenters. The fourth-order valence-corrected chi connectivity index (χ4v) is 3.43. The zero-order chi connectivity index (χ0) is 35.9. The van der Waals surface area contributed by atoms with E-state index in [0.29, 0.717) is 4.57 Å². The van der Waals surface area contributed by atoms with E-state index in [9.17, 15) is 11.0 Å². The second-order valence-corrected chi connectivity index (χ2v) is 6.10. The molecule has 4 bridgehead atoms. The predicted octanol–water partition coefficient (Wildman–Crippen LogP) is 2.78. The van der Waals surface area contributed by atoms with E-state index in [1.807, 2.05) is 0 Å². The molecule has 2 atom stereocenters. The summed E-state index contributed by atoms with van der Waals surface area (Å²) < 4.78 is 170. The van der Waals surface area contributed by atoms with Gasteiger partial charge in [-0.15, -0.1) is 0 Å². The highest BCUT2D eigenvalue weighted by Gasteiger charge is 2.59. The van der Waals surface area contributed by atoms with E-state index in [-0.39, 0.29) is 11.0 Å². The van der Waals surface area contributed by atoms with Crippen LogP contribution >= 0.6 is 0 Å². The van der Waals surface area contributed by atoms with Crippen molar-refractivity contribution in [3.05, 3.63) is 26.7 Å². The molecule has 6 heteroatoms. The Morgan fingerprint density at radius 1 is 1.35 bits per heavy atom. The quantitative estimate of drug-likeness (QED) is 0.872. The van der Waals surface area contributed by atoms with E-state index >= 15 is 0 Å². The molecule has 2 aromatic heterocycles. The van der Waals surface area contributed by atoms with Crippen molar-refractivity contribution in [2.24, 2.45) is 17.7 Å². The molecule has 0 radical (unpaired) electrons. The molecule has 4 aliphatic rings. The van der Waals surface area contributed by atoms with Gasteiger partial charge in [0.05, 0.1) is 2.74 Å². The normalized spacial score (nSPS) is 63.3. The number of aromatic amines is 1. The number of aryl methyl sites for hydroxylation is 1. The van der Waals surface area contributed by atoms with Crippen LogP contribution < -0.4 is 11.2 Å². The molecule has 0 spiro atoms. The van der Waals surface area contributed by atoms with Gasteiger partial charge in [-0.2, -0.15) is 0 Å². The Labute approximate surface area is 180 Å². The topological polar surface area (TPSA) is 72.7 Å². The first-order valence-electron chi connectivity index (χ1n) is 18.0.